The number of benzene rings is 1. The lowest BCUT2D eigenvalue weighted by molar-refractivity contribution is 0.0695. The molecule has 1 aromatic rings. The number of carbonyl (C=O) groups is 1. The Balaban J connectivity index is 3.06. The molecule has 1 rings (SSSR count). The van der Waals surface area contributed by atoms with E-state index in [0.29, 0.717) is 12.0 Å². The molecule has 7 heteroatoms. The third kappa shape index (κ3) is 4.81. The van der Waals surface area contributed by atoms with Crippen molar-refractivity contribution in [2.45, 2.75) is 32.6 Å². The van der Waals surface area contributed by atoms with Gasteiger partial charge in [-0.05, 0) is 30.5 Å². The molecule has 5 nitrogen and oxygen atoms in total. The fraction of sp³-hybridized carbons (Fsp3) is 0.417. The first-order valence-electron chi connectivity index (χ1n) is 5.89. The molecule has 0 aromatic heterocycles. The summed E-state index contributed by atoms with van der Waals surface area (Å²) in [6.07, 6.45) is 3.56. The Hall–Kier alpha value is -1.11. The molecule has 0 spiro atoms. The first-order valence-corrected chi connectivity index (χ1v) is 7.37. The molecular weight excluding hydrogens is 290 g/mol. The number of nitrogens with one attached hydrogen (secondary N) is 1. The first kappa shape index (κ1) is 15.9. The van der Waals surface area contributed by atoms with Crippen molar-refractivity contribution in [1.82, 2.24) is 0 Å². The molecule has 0 saturated heterocycles. The normalized spacial score (nSPS) is 12.2. The molecule has 19 heavy (non-hydrogen) atoms. The van der Waals surface area contributed by atoms with E-state index in [2.05, 4.69) is 11.6 Å². The van der Waals surface area contributed by atoms with Gasteiger partial charge in [-0.25, -0.2) is 9.00 Å². The lowest BCUT2D eigenvalue weighted by atomic mass is 10.0. The summed E-state index contributed by atoms with van der Waals surface area (Å²) in [5.41, 5.74) is 0.882. The molecule has 0 aliphatic heterocycles. The summed E-state index contributed by atoms with van der Waals surface area (Å²) >= 11 is 3.67. The van der Waals surface area contributed by atoms with Crippen molar-refractivity contribution < 1.29 is 18.7 Å². The second kappa shape index (κ2) is 7.47. The molecule has 0 bridgehead atoms. The van der Waals surface area contributed by atoms with Crippen molar-refractivity contribution in [2.75, 3.05) is 4.72 Å². The summed E-state index contributed by atoms with van der Waals surface area (Å²) in [7, 11) is 0. The number of halogens is 1. The molecule has 1 aromatic carbocycles. The number of aryl methyl sites for hydroxylation is 1. The maximum absolute atomic E-state index is 11.2. The van der Waals surface area contributed by atoms with Crippen molar-refractivity contribution in [1.29, 1.82) is 0 Å². The number of carboxylic acid groups (broad SMARTS) is 1. The highest BCUT2D eigenvalue weighted by molar-refractivity contribution is 7.80. The fourth-order valence-corrected chi connectivity index (χ4v) is 2.40. The van der Waals surface area contributed by atoms with Crippen LogP contribution in [0.25, 0.3) is 0 Å². The van der Waals surface area contributed by atoms with Gasteiger partial charge in [0.25, 0.3) is 11.3 Å². The van der Waals surface area contributed by atoms with Gasteiger partial charge in [0.15, 0.2) is 0 Å². The van der Waals surface area contributed by atoms with Crippen LogP contribution in [0.15, 0.2) is 12.1 Å². The van der Waals surface area contributed by atoms with Gasteiger partial charge in [0, 0.05) is 0 Å². The summed E-state index contributed by atoms with van der Waals surface area (Å²) < 4.78 is 21.6. The van der Waals surface area contributed by atoms with Crippen LogP contribution < -0.4 is 4.72 Å². The zero-order valence-electron chi connectivity index (χ0n) is 10.5. The minimum atomic E-state index is -2.29. The lowest BCUT2D eigenvalue weighted by Gasteiger charge is -2.11. The van der Waals surface area contributed by atoms with Crippen LogP contribution in [0.3, 0.4) is 0 Å². The first-order chi connectivity index (χ1) is 8.95. The van der Waals surface area contributed by atoms with Gasteiger partial charge in [0.05, 0.1) is 16.3 Å². The maximum atomic E-state index is 11.2. The standard InChI is InChI=1S/C12H16ClNO4S/c1-2-3-4-5-8-6-10(13)11(14-19(17)18)7-9(8)12(15)16/h6-7,14H,2-5H2,1H3,(H,15,16)(H,17,18). The number of unbranched alkanes of at least 4 members (excludes halogenated alkanes) is 2. The third-order valence-corrected chi connectivity index (χ3v) is 3.38. The molecule has 0 aliphatic rings. The molecular formula is C12H16ClNO4S. The molecule has 3 N–H and O–H groups in total. The van der Waals surface area contributed by atoms with Gasteiger partial charge in [0.1, 0.15) is 0 Å². The molecule has 0 amide bonds. The van der Waals surface area contributed by atoms with Crippen molar-refractivity contribution in [3.63, 3.8) is 0 Å². The summed E-state index contributed by atoms with van der Waals surface area (Å²) in [6, 6.07) is 2.83. The largest absolute Gasteiger partial charge is 0.478 e. The summed E-state index contributed by atoms with van der Waals surface area (Å²) in [5.74, 6) is -1.07. The topological polar surface area (TPSA) is 86.6 Å². The van der Waals surface area contributed by atoms with Gasteiger partial charge in [0.2, 0.25) is 0 Å². The van der Waals surface area contributed by atoms with E-state index in [1.807, 2.05) is 0 Å². The number of anilines is 1. The van der Waals surface area contributed by atoms with Gasteiger partial charge < -0.3 is 5.11 Å². The Morgan fingerprint density at radius 3 is 2.63 bits per heavy atom. The minimum absolute atomic E-state index is 0.105. The Bertz CT molecular complexity index is 493. The second-order valence-electron chi connectivity index (χ2n) is 4.10. The van der Waals surface area contributed by atoms with Crippen LogP contribution >= 0.6 is 11.6 Å². The predicted octanol–water partition coefficient (Wildman–Crippen LogP) is 3.32. The van der Waals surface area contributed by atoms with E-state index in [1.165, 1.54) is 12.1 Å². The maximum Gasteiger partial charge on any atom is 0.336 e. The zero-order valence-corrected chi connectivity index (χ0v) is 12.1. The van der Waals surface area contributed by atoms with Crippen LogP contribution in [-0.4, -0.2) is 19.8 Å². The average molecular weight is 306 g/mol. The summed E-state index contributed by atoms with van der Waals surface area (Å²) in [6.45, 7) is 2.06. The average Bonchev–Trinajstić information content (AvgIpc) is 2.31. The highest BCUT2D eigenvalue weighted by Crippen LogP contribution is 2.27. The summed E-state index contributed by atoms with van der Waals surface area (Å²) in [4.78, 5) is 11.2. The van der Waals surface area contributed by atoms with Crippen LogP contribution in [0.4, 0.5) is 5.69 Å². The number of hydrogen-bond donors (Lipinski definition) is 3. The van der Waals surface area contributed by atoms with E-state index in [0.717, 1.165) is 19.3 Å². The minimum Gasteiger partial charge on any atom is -0.478 e. The van der Waals surface area contributed by atoms with Gasteiger partial charge in [-0.2, -0.15) is 0 Å². The molecule has 1 unspecified atom stereocenters. The smallest absolute Gasteiger partial charge is 0.336 e. The van der Waals surface area contributed by atoms with E-state index < -0.39 is 17.2 Å². The van der Waals surface area contributed by atoms with E-state index >= 15 is 0 Å². The Labute approximate surface area is 119 Å². The number of aromatic carboxylic acids is 1. The van der Waals surface area contributed by atoms with E-state index in [1.54, 1.807) is 0 Å². The highest BCUT2D eigenvalue weighted by Gasteiger charge is 2.14. The van der Waals surface area contributed by atoms with Crippen LogP contribution in [0, 0.1) is 0 Å². The molecule has 0 saturated carbocycles. The van der Waals surface area contributed by atoms with Gasteiger partial charge >= 0.3 is 5.97 Å². The van der Waals surface area contributed by atoms with Crippen LogP contribution in [-0.2, 0) is 17.7 Å². The molecule has 0 radical (unpaired) electrons. The van der Waals surface area contributed by atoms with E-state index in [-0.39, 0.29) is 16.3 Å². The van der Waals surface area contributed by atoms with Crippen LogP contribution in [0.5, 0.6) is 0 Å². The van der Waals surface area contributed by atoms with Gasteiger partial charge in [-0.1, -0.05) is 31.4 Å². The molecule has 0 heterocycles. The number of hydrogen-bond acceptors (Lipinski definition) is 2. The quantitative estimate of drug-likeness (QED) is 0.533. The van der Waals surface area contributed by atoms with E-state index in [4.69, 9.17) is 21.3 Å². The molecule has 1 atom stereocenters. The predicted molar refractivity (Wildman–Crippen MR) is 76.0 cm³/mol. The summed E-state index contributed by atoms with van der Waals surface area (Å²) in [5, 5.41) is 9.40. The van der Waals surface area contributed by atoms with Crippen molar-refractivity contribution >= 4 is 34.5 Å². The van der Waals surface area contributed by atoms with Crippen molar-refractivity contribution in [3.8, 4) is 0 Å². The van der Waals surface area contributed by atoms with Crippen LogP contribution in [0.2, 0.25) is 5.02 Å². The second-order valence-corrected chi connectivity index (χ2v) is 5.21. The van der Waals surface area contributed by atoms with Gasteiger partial charge in [-0.15, -0.1) is 0 Å². The highest BCUT2D eigenvalue weighted by atomic mass is 35.5. The number of rotatable bonds is 7. The Kier molecular flexibility index (Phi) is 6.27. The van der Waals surface area contributed by atoms with Crippen LogP contribution in [0.1, 0.15) is 42.1 Å². The fourth-order valence-electron chi connectivity index (χ4n) is 1.76. The zero-order chi connectivity index (χ0) is 14.4. The van der Waals surface area contributed by atoms with Crippen molar-refractivity contribution in [2.24, 2.45) is 0 Å². The molecule has 106 valence electrons. The molecule has 0 aliphatic carbocycles. The third-order valence-electron chi connectivity index (χ3n) is 2.67. The lowest BCUT2D eigenvalue weighted by Crippen LogP contribution is -2.07. The van der Waals surface area contributed by atoms with Crippen molar-refractivity contribution in [3.05, 3.63) is 28.3 Å². The molecule has 0 fully saturated rings. The van der Waals surface area contributed by atoms with Gasteiger partial charge in [-0.3, -0.25) is 9.27 Å². The SMILES string of the molecule is CCCCCc1cc(Cl)c(NS(=O)O)cc1C(=O)O. The van der Waals surface area contributed by atoms with E-state index in [9.17, 15) is 9.00 Å². The monoisotopic (exact) mass is 305 g/mol. The Morgan fingerprint density at radius 1 is 1.42 bits per heavy atom. The number of carboxylic acids is 1. The Morgan fingerprint density at radius 2 is 2.11 bits per heavy atom.